The van der Waals surface area contributed by atoms with Crippen LogP contribution in [0.3, 0.4) is 0 Å². The highest BCUT2D eigenvalue weighted by atomic mass is 32.1. The zero-order valence-corrected chi connectivity index (χ0v) is 12.7. The standard InChI is InChI=1S/C15H22N2O2S/c1-11-7-8-12(19-11)13(18)17-15(14(16)20)9-5-3-2-4-6-10-15/h7-8H,2-6,9-10H2,1H3,(H2,16,20)(H,17,18). The number of hydrogen-bond donors (Lipinski definition) is 2. The van der Waals surface area contributed by atoms with E-state index in [1.807, 2.05) is 6.92 Å². The van der Waals surface area contributed by atoms with Crippen molar-refractivity contribution >= 4 is 23.1 Å². The predicted octanol–water partition coefficient (Wildman–Crippen LogP) is 3.09. The maximum atomic E-state index is 12.3. The Kier molecular flexibility index (Phi) is 4.81. The van der Waals surface area contributed by atoms with Crippen LogP contribution in [0.4, 0.5) is 0 Å². The molecule has 1 aromatic rings. The molecule has 5 heteroatoms. The SMILES string of the molecule is Cc1ccc(C(=O)NC2(C(N)=S)CCCCCCC2)o1. The highest BCUT2D eigenvalue weighted by molar-refractivity contribution is 7.80. The Morgan fingerprint density at radius 2 is 1.85 bits per heavy atom. The Labute approximate surface area is 125 Å². The van der Waals surface area contributed by atoms with Gasteiger partial charge in [-0.3, -0.25) is 4.79 Å². The maximum absolute atomic E-state index is 12.3. The minimum absolute atomic E-state index is 0.230. The third-order valence-electron chi connectivity index (χ3n) is 4.00. The van der Waals surface area contributed by atoms with E-state index >= 15 is 0 Å². The molecule has 4 nitrogen and oxygen atoms in total. The summed E-state index contributed by atoms with van der Waals surface area (Å²) in [5.41, 5.74) is 5.38. The summed E-state index contributed by atoms with van der Waals surface area (Å²) in [4.78, 5) is 12.7. The number of carbonyl (C=O) groups excluding carboxylic acids is 1. The number of aryl methyl sites for hydroxylation is 1. The minimum atomic E-state index is -0.562. The van der Waals surface area contributed by atoms with Crippen molar-refractivity contribution in [2.45, 2.75) is 57.4 Å². The number of hydrogen-bond acceptors (Lipinski definition) is 3. The van der Waals surface area contributed by atoms with Crippen molar-refractivity contribution in [2.75, 3.05) is 0 Å². The van der Waals surface area contributed by atoms with E-state index in [1.54, 1.807) is 12.1 Å². The molecular weight excluding hydrogens is 272 g/mol. The van der Waals surface area contributed by atoms with Crippen LogP contribution >= 0.6 is 12.2 Å². The zero-order chi connectivity index (χ0) is 14.6. The summed E-state index contributed by atoms with van der Waals surface area (Å²) < 4.78 is 5.37. The lowest BCUT2D eigenvalue weighted by Gasteiger charge is -2.35. The van der Waals surface area contributed by atoms with Crippen LogP contribution in [0, 0.1) is 6.92 Å². The molecule has 20 heavy (non-hydrogen) atoms. The average molecular weight is 294 g/mol. The second-order valence-corrected chi connectivity index (χ2v) is 6.02. The Bertz CT molecular complexity index is 488. The molecule has 0 spiro atoms. The molecule has 1 aromatic heterocycles. The average Bonchev–Trinajstić information content (AvgIpc) is 2.79. The summed E-state index contributed by atoms with van der Waals surface area (Å²) in [5, 5.41) is 3.03. The van der Waals surface area contributed by atoms with Crippen LogP contribution in [0.15, 0.2) is 16.5 Å². The van der Waals surface area contributed by atoms with Gasteiger partial charge in [0.15, 0.2) is 5.76 Å². The van der Waals surface area contributed by atoms with Gasteiger partial charge < -0.3 is 15.5 Å². The van der Waals surface area contributed by atoms with Gasteiger partial charge >= 0.3 is 0 Å². The van der Waals surface area contributed by atoms with E-state index in [4.69, 9.17) is 22.4 Å². The highest BCUT2D eigenvalue weighted by Gasteiger charge is 2.35. The molecule has 1 fully saturated rings. The number of amides is 1. The van der Waals surface area contributed by atoms with Crippen molar-refractivity contribution in [3.8, 4) is 0 Å². The van der Waals surface area contributed by atoms with E-state index in [1.165, 1.54) is 19.3 Å². The summed E-state index contributed by atoms with van der Waals surface area (Å²) in [6.07, 6.45) is 7.28. The van der Waals surface area contributed by atoms with Gasteiger partial charge in [-0.15, -0.1) is 0 Å². The molecule has 0 bridgehead atoms. The summed E-state index contributed by atoms with van der Waals surface area (Å²) in [6.45, 7) is 1.82. The third kappa shape index (κ3) is 3.39. The van der Waals surface area contributed by atoms with Crippen molar-refractivity contribution in [1.29, 1.82) is 0 Å². The number of furan rings is 1. The molecule has 3 N–H and O–H groups in total. The zero-order valence-electron chi connectivity index (χ0n) is 11.9. The van der Waals surface area contributed by atoms with Crippen LogP contribution in [0.1, 0.15) is 61.3 Å². The number of rotatable bonds is 3. The Hall–Kier alpha value is -1.36. The molecule has 2 rings (SSSR count). The topological polar surface area (TPSA) is 68.3 Å². The molecule has 0 radical (unpaired) electrons. The molecule has 0 aromatic carbocycles. The summed E-state index contributed by atoms with van der Waals surface area (Å²) in [6, 6.07) is 3.46. The van der Waals surface area contributed by atoms with E-state index in [-0.39, 0.29) is 5.91 Å². The van der Waals surface area contributed by atoms with Gasteiger partial charge in [-0.05, 0) is 31.9 Å². The molecule has 1 heterocycles. The lowest BCUT2D eigenvalue weighted by atomic mass is 9.83. The first kappa shape index (κ1) is 15.0. The number of nitrogens with two attached hydrogens (primary N) is 1. The van der Waals surface area contributed by atoms with Gasteiger partial charge in [0.2, 0.25) is 0 Å². The largest absolute Gasteiger partial charge is 0.456 e. The Balaban J connectivity index is 2.15. The van der Waals surface area contributed by atoms with Crippen LogP contribution < -0.4 is 11.1 Å². The smallest absolute Gasteiger partial charge is 0.287 e. The molecule has 0 atom stereocenters. The number of nitrogens with one attached hydrogen (secondary N) is 1. The van der Waals surface area contributed by atoms with Crippen LogP contribution in [0.5, 0.6) is 0 Å². The second kappa shape index (κ2) is 6.39. The number of thiocarbonyl (C=S) groups is 1. The maximum Gasteiger partial charge on any atom is 0.287 e. The van der Waals surface area contributed by atoms with Gasteiger partial charge in [-0.25, -0.2) is 0 Å². The van der Waals surface area contributed by atoms with E-state index in [9.17, 15) is 4.79 Å². The van der Waals surface area contributed by atoms with Gasteiger partial charge in [-0.2, -0.15) is 0 Å². The van der Waals surface area contributed by atoms with Crippen molar-refractivity contribution in [2.24, 2.45) is 5.73 Å². The van der Waals surface area contributed by atoms with Crippen molar-refractivity contribution < 1.29 is 9.21 Å². The van der Waals surface area contributed by atoms with E-state index in [0.29, 0.717) is 10.7 Å². The molecule has 1 aliphatic carbocycles. The first-order valence-electron chi connectivity index (χ1n) is 7.22. The molecule has 1 amide bonds. The molecule has 0 aliphatic heterocycles. The highest BCUT2D eigenvalue weighted by Crippen LogP contribution is 2.27. The van der Waals surface area contributed by atoms with Crippen molar-refractivity contribution in [3.63, 3.8) is 0 Å². The van der Waals surface area contributed by atoms with E-state index in [0.717, 1.165) is 31.4 Å². The van der Waals surface area contributed by atoms with Crippen LogP contribution in [0.25, 0.3) is 0 Å². The summed E-state index contributed by atoms with van der Waals surface area (Å²) >= 11 is 5.24. The van der Waals surface area contributed by atoms with Gasteiger partial charge in [-0.1, -0.05) is 44.3 Å². The molecule has 0 unspecified atom stereocenters. The summed E-state index contributed by atoms with van der Waals surface area (Å²) in [7, 11) is 0. The van der Waals surface area contributed by atoms with Crippen LogP contribution in [-0.2, 0) is 0 Å². The first-order valence-corrected chi connectivity index (χ1v) is 7.63. The van der Waals surface area contributed by atoms with Gasteiger partial charge in [0, 0.05) is 0 Å². The van der Waals surface area contributed by atoms with Crippen LogP contribution in [-0.4, -0.2) is 16.4 Å². The van der Waals surface area contributed by atoms with Crippen molar-refractivity contribution in [3.05, 3.63) is 23.7 Å². The second-order valence-electron chi connectivity index (χ2n) is 5.58. The van der Waals surface area contributed by atoms with E-state index in [2.05, 4.69) is 5.32 Å². The van der Waals surface area contributed by atoms with Crippen molar-refractivity contribution in [1.82, 2.24) is 5.32 Å². The molecule has 110 valence electrons. The molecule has 1 saturated carbocycles. The van der Waals surface area contributed by atoms with Gasteiger partial charge in [0.05, 0.1) is 10.5 Å². The fourth-order valence-corrected chi connectivity index (χ4v) is 3.03. The molecule has 0 saturated heterocycles. The Morgan fingerprint density at radius 3 is 2.35 bits per heavy atom. The van der Waals surface area contributed by atoms with Crippen LogP contribution in [0.2, 0.25) is 0 Å². The monoisotopic (exact) mass is 294 g/mol. The summed E-state index contributed by atoms with van der Waals surface area (Å²) in [5.74, 6) is 0.809. The third-order valence-corrected chi connectivity index (χ3v) is 4.39. The lowest BCUT2D eigenvalue weighted by molar-refractivity contribution is 0.0883. The normalized spacial score (nSPS) is 18.9. The minimum Gasteiger partial charge on any atom is -0.456 e. The van der Waals surface area contributed by atoms with E-state index < -0.39 is 5.54 Å². The van der Waals surface area contributed by atoms with Gasteiger partial charge in [0.25, 0.3) is 5.91 Å². The fraction of sp³-hybridized carbons (Fsp3) is 0.600. The predicted molar refractivity (Wildman–Crippen MR) is 82.7 cm³/mol. The fourth-order valence-electron chi connectivity index (χ4n) is 2.78. The quantitative estimate of drug-likeness (QED) is 0.841. The molecule has 1 aliphatic rings. The molecular formula is C15H22N2O2S. The first-order chi connectivity index (χ1) is 9.53. The lowest BCUT2D eigenvalue weighted by Crippen LogP contribution is -2.56. The number of carbonyl (C=O) groups is 1. The Morgan fingerprint density at radius 1 is 1.25 bits per heavy atom. The van der Waals surface area contributed by atoms with Gasteiger partial charge in [0.1, 0.15) is 5.76 Å².